The monoisotopic (exact) mass is 342 g/mol. The van der Waals surface area contributed by atoms with Crippen LogP contribution in [-0.2, 0) is 20.9 Å². The predicted octanol–water partition coefficient (Wildman–Crippen LogP) is 1.34. The maximum absolute atomic E-state index is 12.6. The van der Waals surface area contributed by atoms with Crippen molar-refractivity contribution in [3.63, 3.8) is 0 Å². The summed E-state index contributed by atoms with van der Waals surface area (Å²) in [5, 5.41) is 5.71. The van der Waals surface area contributed by atoms with Crippen LogP contribution in [-0.4, -0.2) is 34.1 Å². The van der Waals surface area contributed by atoms with Crippen LogP contribution < -0.4 is 10.6 Å². The molecular formula is C18H22N4O3. The molecule has 0 aliphatic carbocycles. The highest BCUT2D eigenvalue weighted by atomic mass is 16.5. The molecule has 25 heavy (non-hydrogen) atoms. The third kappa shape index (κ3) is 3.88. The third-order valence-electron chi connectivity index (χ3n) is 4.16. The van der Waals surface area contributed by atoms with E-state index in [1.165, 1.54) is 0 Å². The lowest BCUT2D eigenvalue weighted by Gasteiger charge is -2.31. The zero-order valence-corrected chi connectivity index (χ0v) is 14.3. The highest BCUT2D eigenvalue weighted by Crippen LogP contribution is 2.22. The number of imidazole rings is 1. The summed E-state index contributed by atoms with van der Waals surface area (Å²) in [6.07, 6.45) is 2.82. The molecule has 2 N–H and O–H groups in total. The summed E-state index contributed by atoms with van der Waals surface area (Å²) < 4.78 is 7.51. The van der Waals surface area contributed by atoms with Crippen LogP contribution >= 0.6 is 0 Å². The first-order valence-corrected chi connectivity index (χ1v) is 8.31. The molecule has 0 saturated carbocycles. The van der Waals surface area contributed by atoms with Gasteiger partial charge in [-0.05, 0) is 19.4 Å². The molecule has 0 bridgehead atoms. The number of carbonyl (C=O) groups is 2. The maximum atomic E-state index is 12.6. The number of ether oxygens (including phenoxy) is 1. The Kier molecular flexibility index (Phi) is 5.14. The number of nitrogens with one attached hydrogen (secondary N) is 2. The van der Waals surface area contributed by atoms with Gasteiger partial charge in [-0.1, -0.05) is 30.3 Å². The van der Waals surface area contributed by atoms with Crippen molar-refractivity contribution in [2.24, 2.45) is 0 Å². The number of hydrogen-bond donors (Lipinski definition) is 2. The van der Waals surface area contributed by atoms with Crippen LogP contribution in [0.2, 0.25) is 0 Å². The molecule has 2 aromatic rings. The van der Waals surface area contributed by atoms with E-state index in [1.54, 1.807) is 6.20 Å². The van der Waals surface area contributed by atoms with Gasteiger partial charge in [0.1, 0.15) is 12.4 Å². The Morgan fingerprint density at radius 1 is 1.40 bits per heavy atom. The largest absolute Gasteiger partial charge is 0.356 e. The first-order valence-electron chi connectivity index (χ1n) is 8.31. The second kappa shape index (κ2) is 7.48. The molecule has 1 aliphatic heterocycles. The van der Waals surface area contributed by atoms with E-state index >= 15 is 0 Å². The van der Waals surface area contributed by atoms with Gasteiger partial charge in [-0.3, -0.25) is 9.59 Å². The zero-order chi connectivity index (χ0) is 17.8. The summed E-state index contributed by atoms with van der Waals surface area (Å²) in [6.45, 7) is 4.29. The van der Waals surface area contributed by atoms with E-state index in [4.69, 9.17) is 4.74 Å². The second-order valence-corrected chi connectivity index (χ2v) is 6.25. The molecule has 1 aromatic carbocycles. The van der Waals surface area contributed by atoms with Crippen molar-refractivity contribution >= 4 is 11.8 Å². The SMILES string of the molecule is CC(C)n1ccnc1CNC(=O)[C@H]1OCC(=O)N[C@@H]1c1ccccc1. The van der Waals surface area contributed by atoms with E-state index in [-0.39, 0.29) is 24.5 Å². The van der Waals surface area contributed by atoms with E-state index in [0.717, 1.165) is 11.4 Å². The number of benzene rings is 1. The predicted molar refractivity (Wildman–Crippen MR) is 91.5 cm³/mol. The van der Waals surface area contributed by atoms with Crippen molar-refractivity contribution in [3.8, 4) is 0 Å². The Labute approximate surface area is 146 Å². The minimum Gasteiger partial charge on any atom is -0.356 e. The van der Waals surface area contributed by atoms with E-state index in [2.05, 4.69) is 29.5 Å². The van der Waals surface area contributed by atoms with Gasteiger partial charge < -0.3 is 19.9 Å². The molecule has 2 atom stereocenters. The lowest BCUT2D eigenvalue weighted by molar-refractivity contribution is -0.148. The topological polar surface area (TPSA) is 85.2 Å². The van der Waals surface area contributed by atoms with E-state index in [0.29, 0.717) is 6.54 Å². The number of amides is 2. The fraction of sp³-hybridized carbons (Fsp3) is 0.389. The number of rotatable bonds is 5. The molecule has 1 aromatic heterocycles. The van der Waals surface area contributed by atoms with Crippen molar-refractivity contribution < 1.29 is 14.3 Å². The molecule has 7 heteroatoms. The van der Waals surface area contributed by atoms with Crippen molar-refractivity contribution in [2.75, 3.05) is 6.61 Å². The molecule has 2 heterocycles. The molecule has 3 rings (SSSR count). The standard InChI is InChI=1S/C18H22N4O3/c1-12(2)22-9-8-19-14(22)10-20-18(24)17-16(21-15(23)11-25-17)13-6-4-3-5-7-13/h3-9,12,16-17H,10-11H2,1-2H3,(H,20,24)(H,21,23)/t16-,17+/m1/s1. The van der Waals surface area contributed by atoms with E-state index in [9.17, 15) is 9.59 Å². The number of nitrogens with zero attached hydrogens (tertiary/aromatic N) is 2. The number of hydrogen-bond acceptors (Lipinski definition) is 4. The van der Waals surface area contributed by atoms with Crippen molar-refractivity contribution in [3.05, 3.63) is 54.1 Å². The quantitative estimate of drug-likeness (QED) is 0.859. The van der Waals surface area contributed by atoms with Crippen LogP contribution in [0, 0.1) is 0 Å². The Hall–Kier alpha value is -2.67. The van der Waals surface area contributed by atoms with Crippen LogP contribution in [0.15, 0.2) is 42.7 Å². The fourth-order valence-electron chi connectivity index (χ4n) is 2.92. The molecule has 0 spiro atoms. The molecule has 1 saturated heterocycles. The Balaban J connectivity index is 1.71. The highest BCUT2D eigenvalue weighted by molar-refractivity contribution is 5.86. The molecule has 0 unspecified atom stereocenters. The van der Waals surface area contributed by atoms with E-state index in [1.807, 2.05) is 41.1 Å². The molecule has 7 nitrogen and oxygen atoms in total. The molecule has 1 fully saturated rings. The summed E-state index contributed by atoms with van der Waals surface area (Å²) in [5.41, 5.74) is 0.833. The second-order valence-electron chi connectivity index (χ2n) is 6.25. The smallest absolute Gasteiger partial charge is 0.252 e. The van der Waals surface area contributed by atoms with Gasteiger partial charge in [-0.25, -0.2) is 4.98 Å². The molecule has 132 valence electrons. The van der Waals surface area contributed by atoms with Crippen molar-refractivity contribution in [2.45, 2.75) is 38.6 Å². The van der Waals surface area contributed by atoms with Gasteiger partial charge in [0.05, 0.1) is 12.6 Å². The van der Waals surface area contributed by atoms with Gasteiger partial charge in [0.15, 0.2) is 6.10 Å². The van der Waals surface area contributed by atoms with Gasteiger partial charge in [0.2, 0.25) is 5.91 Å². The van der Waals surface area contributed by atoms with Gasteiger partial charge in [-0.2, -0.15) is 0 Å². The third-order valence-corrected chi connectivity index (χ3v) is 4.16. The molecule has 1 aliphatic rings. The average molecular weight is 342 g/mol. The van der Waals surface area contributed by atoms with Crippen LogP contribution in [0.1, 0.15) is 37.3 Å². The van der Waals surface area contributed by atoms with Gasteiger partial charge in [0.25, 0.3) is 5.91 Å². The van der Waals surface area contributed by atoms with Gasteiger partial charge in [0, 0.05) is 18.4 Å². The minimum atomic E-state index is -0.775. The first kappa shape index (κ1) is 17.2. The van der Waals surface area contributed by atoms with E-state index < -0.39 is 12.1 Å². The average Bonchev–Trinajstić information content (AvgIpc) is 3.09. The highest BCUT2D eigenvalue weighted by Gasteiger charge is 2.35. The summed E-state index contributed by atoms with van der Waals surface area (Å²) in [6, 6.07) is 9.10. The lowest BCUT2D eigenvalue weighted by Crippen LogP contribution is -2.52. The van der Waals surface area contributed by atoms with Gasteiger partial charge in [-0.15, -0.1) is 0 Å². The zero-order valence-electron chi connectivity index (χ0n) is 14.3. The first-order chi connectivity index (χ1) is 12.1. The maximum Gasteiger partial charge on any atom is 0.252 e. The summed E-state index contributed by atoms with van der Waals surface area (Å²) in [7, 11) is 0. The Morgan fingerprint density at radius 3 is 2.88 bits per heavy atom. The van der Waals surface area contributed by atoms with Gasteiger partial charge >= 0.3 is 0 Å². The Morgan fingerprint density at radius 2 is 2.16 bits per heavy atom. The number of carbonyl (C=O) groups excluding carboxylic acids is 2. The minimum absolute atomic E-state index is 0.123. The number of aromatic nitrogens is 2. The summed E-state index contributed by atoms with van der Waals surface area (Å²) in [4.78, 5) is 28.6. The fourth-order valence-corrected chi connectivity index (χ4v) is 2.92. The lowest BCUT2D eigenvalue weighted by atomic mass is 9.99. The van der Waals surface area contributed by atoms with Crippen LogP contribution in [0.3, 0.4) is 0 Å². The Bertz CT molecular complexity index is 742. The molecule has 0 radical (unpaired) electrons. The number of morpholine rings is 1. The molecule has 2 amide bonds. The van der Waals surface area contributed by atoms with Crippen LogP contribution in [0.4, 0.5) is 0 Å². The van der Waals surface area contributed by atoms with Crippen molar-refractivity contribution in [1.82, 2.24) is 20.2 Å². The summed E-state index contributed by atoms with van der Waals surface area (Å²) in [5.74, 6) is 0.278. The summed E-state index contributed by atoms with van der Waals surface area (Å²) >= 11 is 0. The van der Waals surface area contributed by atoms with Crippen LogP contribution in [0.5, 0.6) is 0 Å². The molecular weight excluding hydrogens is 320 g/mol. The van der Waals surface area contributed by atoms with Crippen LogP contribution in [0.25, 0.3) is 0 Å². The normalized spacial score (nSPS) is 20.4. The van der Waals surface area contributed by atoms with Crippen molar-refractivity contribution in [1.29, 1.82) is 0 Å².